The highest BCUT2D eigenvalue weighted by molar-refractivity contribution is 5.94. The van der Waals surface area contributed by atoms with Crippen LogP contribution in [0.2, 0.25) is 0 Å². The molecule has 0 bridgehead atoms. The highest BCUT2D eigenvalue weighted by Crippen LogP contribution is 2.22. The lowest BCUT2D eigenvalue weighted by molar-refractivity contribution is 0.0963. The molecule has 0 saturated carbocycles. The average molecular weight is 312 g/mol. The maximum absolute atomic E-state index is 11.5. The lowest BCUT2D eigenvalue weighted by atomic mass is 10.1. The number of para-hydroxylation sites is 2. The van der Waals surface area contributed by atoms with E-state index in [-0.39, 0.29) is 5.91 Å². The summed E-state index contributed by atoms with van der Waals surface area (Å²) in [4.78, 5) is 15.8. The van der Waals surface area contributed by atoms with Crippen LogP contribution in [0.25, 0.3) is 0 Å². The van der Waals surface area contributed by atoms with Gasteiger partial charge in [-0.05, 0) is 29.8 Å². The lowest BCUT2D eigenvalue weighted by Crippen LogP contribution is -2.23. The Kier molecular flexibility index (Phi) is 5.57. The molecule has 6 nitrogen and oxygen atoms in total. The first-order valence-corrected chi connectivity index (χ1v) is 7.15. The van der Waals surface area contributed by atoms with Crippen molar-refractivity contribution in [2.24, 2.45) is 10.7 Å². The van der Waals surface area contributed by atoms with Crippen LogP contribution in [0.1, 0.15) is 15.9 Å². The molecule has 2 rings (SSSR count). The van der Waals surface area contributed by atoms with Crippen LogP contribution in [0.4, 0.5) is 5.69 Å². The van der Waals surface area contributed by atoms with Crippen molar-refractivity contribution in [3.8, 4) is 5.75 Å². The van der Waals surface area contributed by atoms with E-state index in [0.717, 1.165) is 11.3 Å². The van der Waals surface area contributed by atoms with Gasteiger partial charge in [0.05, 0.1) is 19.3 Å². The predicted octanol–water partition coefficient (Wildman–Crippen LogP) is 1.98. The molecule has 0 saturated heterocycles. The van der Waals surface area contributed by atoms with Crippen molar-refractivity contribution < 1.29 is 9.53 Å². The van der Waals surface area contributed by atoms with Crippen LogP contribution < -0.4 is 21.1 Å². The number of nitrogens with two attached hydrogens (primary N) is 1. The Labute approximate surface area is 135 Å². The monoisotopic (exact) mass is 312 g/mol. The van der Waals surface area contributed by atoms with Crippen molar-refractivity contribution in [1.82, 2.24) is 5.32 Å². The van der Waals surface area contributed by atoms with Crippen LogP contribution in [0.5, 0.6) is 5.75 Å². The van der Waals surface area contributed by atoms with Gasteiger partial charge in [0.25, 0.3) is 5.91 Å². The number of aliphatic imine (C=N–C) groups is 1. The summed E-state index contributed by atoms with van der Waals surface area (Å²) >= 11 is 0. The number of methoxy groups -OCH3 is 1. The normalized spacial score (nSPS) is 11.0. The number of anilines is 1. The number of carbonyl (C=O) groups is 1. The van der Waals surface area contributed by atoms with E-state index in [1.54, 1.807) is 26.3 Å². The minimum atomic E-state index is -0.114. The van der Waals surface area contributed by atoms with Gasteiger partial charge in [-0.15, -0.1) is 0 Å². The Balaban J connectivity index is 2.00. The zero-order chi connectivity index (χ0) is 16.7. The number of nitrogens with zero attached hydrogens (tertiary/aromatic N) is 1. The minimum absolute atomic E-state index is 0.114. The van der Waals surface area contributed by atoms with Gasteiger partial charge in [0.1, 0.15) is 5.75 Å². The molecule has 6 heteroatoms. The summed E-state index contributed by atoms with van der Waals surface area (Å²) in [6, 6.07) is 14.7. The number of guanidine groups is 1. The molecule has 0 spiro atoms. The maximum Gasteiger partial charge on any atom is 0.251 e. The molecule has 0 heterocycles. The summed E-state index contributed by atoms with van der Waals surface area (Å²) in [5, 5.41) is 5.59. The molecule has 120 valence electrons. The second-order valence-electron chi connectivity index (χ2n) is 4.80. The molecule has 0 fully saturated rings. The van der Waals surface area contributed by atoms with Crippen molar-refractivity contribution in [3.63, 3.8) is 0 Å². The minimum Gasteiger partial charge on any atom is -0.495 e. The fourth-order valence-corrected chi connectivity index (χ4v) is 2.01. The van der Waals surface area contributed by atoms with Crippen molar-refractivity contribution in [3.05, 3.63) is 59.7 Å². The highest BCUT2D eigenvalue weighted by Gasteiger charge is 2.04. The summed E-state index contributed by atoms with van der Waals surface area (Å²) in [7, 11) is 3.20. The molecule has 0 atom stereocenters. The van der Waals surface area contributed by atoms with Crippen molar-refractivity contribution >= 4 is 17.6 Å². The first-order chi connectivity index (χ1) is 11.1. The quantitative estimate of drug-likeness (QED) is 0.582. The largest absolute Gasteiger partial charge is 0.495 e. The van der Waals surface area contributed by atoms with E-state index in [0.29, 0.717) is 23.8 Å². The van der Waals surface area contributed by atoms with E-state index >= 15 is 0 Å². The summed E-state index contributed by atoms with van der Waals surface area (Å²) < 4.78 is 5.24. The first kappa shape index (κ1) is 16.4. The summed E-state index contributed by atoms with van der Waals surface area (Å²) in [5.74, 6) is 0.878. The van der Waals surface area contributed by atoms with Gasteiger partial charge in [-0.25, -0.2) is 4.99 Å². The number of hydrogen-bond acceptors (Lipinski definition) is 3. The van der Waals surface area contributed by atoms with Gasteiger partial charge >= 0.3 is 0 Å². The molecule has 2 aromatic carbocycles. The van der Waals surface area contributed by atoms with Crippen LogP contribution in [0.3, 0.4) is 0 Å². The molecule has 0 unspecified atom stereocenters. The predicted molar refractivity (Wildman–Crippen MR) is 91.8 cm³/mol. The molecular formula is C17H20N4O2. The smallest absolute Gasteiger partial charge is 0.251 e. The van der Waals surface area contributed by atoms with Crippen molar-refractivity contribution in [1.29, 1.82) is 0 Å². The number of hydrogen-bond donors (Lipinski definition) is 3. The lowest BCUT2D eigenvalue weighted by Gasteiger charge is -2.10. The summed E-state index contributed by atoms with van der Waals surface area (Å²) in [5.41, 5.74) is 8.22. The Morgan fingerprint density at radius 1 is 1.17 bits per heavy atom. The fourth-order valence-electron chi connectivity index (χ4n) is 2.01. The third-order valence-electron chi connectivity index (χ3n) is 3.24. The topological polar surface area (TPSA) is 88.7 Å². The number of amides is 1. The highest BCUT2D eigenvalue weighted by atomic mass is 16.5. The number of rotatable bonds is 5. The van der Waals surface area contributed by atoms with Crippen LogP contribution in [-0.4, -0.2) is 26.0 Å². The Bertz CT molecular complexity index is 696. The van der Waals surface area contributed by atoms with Gasteiger partial charge in [0.2, 0.25) is 0 Å². The number of carbonyl (C=O) groups excluding carboxylic acids is 1. The Morgan fingerprint density at radius 2 is 1.87 bits per heavy atom. The van der Waals surface area contributed by atoms with E-state index in [4.69, 9.17) is 10.5 Å². The maximum atomic E-state index is 11.5. The standard InChI is InChI=1S/C17H20N4O2/c1-19-16(22)13-9-7-12(8-10-13)11-20-17(18)21-14-5-3-4-6-15(14)23-2/h3-10H,11H2,1-2H3,(H,19,22)(H3,18,20,21). The van der Waals surface area contributed by atoms with E-state index in [1.807, 2.05) is 36.4 Å². The number of ether oxygens (including phenoxy) is 1. The van der Waals surface area contributed by atoms with Gasteiger partial charge in [-0.2, -0.15) is 0 Å². The molecule has 0 radical (unpaired) electrons. The number of benzene rings is 2. The Hall–Kier alpha value is -3.02. The molecule has 2 aromatic rings. The van der Waals surface area contributed by atoms with Gasteiger partial charge in [0.15, 0.2) is 5.96 Å². The van der Waals surface area contributed by atoms with E-state index in [1.165, 1.54) is 0 Å². The second kappa shape index (κ2) is 7.84. The third kappa shape index (κ3) is 4.47. The first-order valence-electron chi connectivity index (χ1n) is 7.15. The molecule has 0 aliphatic heterocycles. The molecule has 1 amide bonds. The van der Waals surface area contributed by atoms with Gasteiger partial charge in [-0.1, -0.05) is 24.3 Å². The van der Waals surface area contributed by atoms with Crippen LogP contribution in [0.15, 0.2) is 53.5 Å². The zero-order valence-electron chi connectivity index (χ0n) is 13.2. The number of nitrogens with one attached hydrogen (secondary N) is 2. The van der Waals surface area contributed by atoms with Gasteiger partial charge in [-0.3, -0.25) is 4.79 Å². The Morgan fingerprint density at radius 3 is 2.52 bits per heavy atom. The summed E-state index contributed by atoms with van der Waals surface area (Å²) in [6.07, 6.45) is 0. The molecule has 0 aliphatic rings. The molecule has 4 N–H and O–H groups in total. The molecular weight excluding hydrogens is 292 g/mol. The van der Waals surface area contributed by atoms with Crippen LogP contribution in [-0.2, 0) is 6.54 Å². The SMILES string of the molecule is CNC(=O)c1ccc(CN=C(N)Nc2ccccc2OC)cc1. The molecule has 0 aliphatic carbocycles. The fraction of sp³-hybridized carbons (Fsp3) is 0.176. The average Bonchev–Trinajstić information content (AvgIpc) is 2.60. The molecule has 23 heavy (non-hydrogen) atoms. The van der Waals surface area contributed by atoms with Crippen molar-refractivity contribution in [2.45, 2.75) is 6.54 Å². The van der Waals surface area contributed by atoms with Crippen LogP contribution >= 0.6 is 0 Å². The van der Waals surface area contributed by atoms with E-state index < -0.39 is 0 Å². The molecule has 0 aromatic heterocycles. The zero-order valence-corrected chi connectivity index (χ0v) is 13.2. The summed E-state index contributed by atoms with van der Waals surface area (Å²) in [6.45, 7) is 0.419. The second-order valence-corrected chi connectivity index (χ2v) is 4.80. The van der Waals surface area contributed by atoms with Gasteiger partial charge in [0, 0.05) is 12.6 Å². The van der Waals surface area contributed by atoms with E-state index in [9.17, 15) is 4.79 Å². The van der Waals surface area contributed by atoms with Crippen LogP contribution in [0, 0.1) is 0 Å². The van der Waals surface area contributed by atoms with Crippen molar-refractivity contribution in [2.75, 3.05) is 19.5 Å². The van der Waals surface area contributed by atoms with Gasteiger partial charge < -0.3 is 21.1 Å². The van der Waals surface area contributed by atoms with E-state index in [2.05, 4.69) is 15.6 Å². The third-order valence-corrected chi connectivity index (χ3v) is 3.24.